The number of rotatable bonds is 0. The molecule has 0 N–H and O–H groups in total. The van der Waals surface area contributed by atoms with Gasteiger partial charge >= 0.3 is 51.4 Å². The molecule has 2 heterocycles. The average Bonchev–Trinajstić information content (AvgIpc) is 2.30. The molecule has 0 bridgehead atoms. The first-order chi connectivity index (χ1) is 5.29. The van der Waals surface area contributed by atoms with E-state index >= 15 is 0 Å². The Morgan fingerprint density at radius 2 is 2.25 bits per heavy atom. The van der Waals surface area contributed by atoms with Gasteiger partial charge in [-0.3, -0.25) is 0 Å². The number of fused-ring (bicyclic) bond motifs is 1. The molecule has 56 valence electrons. The number of aryl methyl sites for hydroxylation is 1. The number of hydrogen-bond acceptors (Lipinski definition) is 1. The summed E-state index contributed by atoms with van der Waals surface area (Å²) in [6.45, 7) is 1.99. The SMILES string of the molecule is Cc1[n-]c2ncccc2c1P.[K+]. The molecule has 2 aromatic heterocycles. The molecule has 0 saturated carbocycles. The first kappa shape index (κ1) is 10.8. The van der Waals surface area contributed by atoms with Gasteiger partial charge in [-0.05, 0) is 17.6 Å². The Labute approximate surface area is 116 Å². The van der Waals surface area contributed by atoms with Crippen molar-refractivity contribution in [2.24, 2.45) is 0 Å². The van der Waals surface area contributed by atoms with Crippen LogP contribution in [0.15, 0.2) is 18.3 Å². The van der Waals surface area contributed by atoms with Crippen molar-refractivity contribution >= 4 is 25.6 Å². The van der Waals surface area contributed by atoms with Gasteiger partial charge in [-0.2, -0.15) is 0 Å². The maximum Gasteiger partial charge on any atom is 1.00 e. The summed E-state index contributed by atoms with van der Waals surface area (Å²) >= 11 is 0. The number of hydrogen-bond donors (Lipinski definition) is 0. The molecule has 2 rings (SSSR count). The van der Waals surface area contributed by atoms with Crippen molar-refractivity contribution in [2.75, 3.05) is 0 Å². The third-order valence-electron chi connectivity index (χ3n) is 1.74. The van der Waals surface area contributed by atoms with Crippen LogP contribution >= 0.6 is 9.24 Å². The summed E-state index contributed by atoms with van der Waals surface area (Å²) in [7, 11) is 2.69. The minimum atomic E-state index is 0. The smallest absolute Gasteiger partial charge is 0.442 e. The summed E-state index contributed by atoms with van der Waals surface area (Å²) in [4.78, 5) is 8.42. The van der Waals surface area contributed by atoms with E-state index in [2.05, 4.69) is 19.2 Å². The molecule has 0 aliphatic carbocycles. The second-order valence-electron chi connectivity index (χ2n) is 2.49. The predicted octanol–water partition coefficient (Wildman–Crippen LogP) is -2.00. The molecule has 0 aliphatic rings. The third-order valence-corrected chi connectivity index (χ3v) is 2.47. The van der Waals surface area contributed by atoms with Crippen LogP contribution in [0.2, 0.25) is 0 Å². The van der Waals surface area contributed by atoms with Crippen LogP contribution in [0.1, 0.15) is 5.69 Å². The zero-order chi connectivity index (χ0) is 7.84. The topological polar surface area (TPSA) is 27.0 Å². The maximum atomic E-state index is 4.28. The van der Waals surface area contributed by atoms with Crippen LogP contribution in [0.4, 0.5) is 0 Å². The van der Waals surface area contributed by atoms with Crippen LogP contribution in [-0.4, -0.2) is 4.98 Å². The minimum absolute atomic E-state index is 0. The van der Waals surface area contributed by atoms with Crippen LogP contribution in [0.25, 0.3) is 11.0 Å². The van der Waals surface area contributed by atoms with Crippen molar-refractivity contribution < 1.29 is 51.4 Å². The molecule has 2 nitrogen and oxygen atoms in total. The summed E-state index contributed by atoms with van der Waals surface area (Å²) in [5.74, 6) is 0. The van der Waals surface area contributed by atoms with Gasteiger partial charge in [0, 0.05) is 0 Å². The Bertz CT molecular complexity index is 397. The quantitative estimate of drug-likeness (QED) is 0.365. The second kappa shape index (κ2) is 4.31. The van der Waals surface area contributed by atoms with E-state index in [9.17, 15) is 0 Å². The fourth-order valence-corrected chi connectivity index (χ4v) is 1.40. The second-order valence-corrected chi connectivity index (χ2v) is 3.06. The van der Waals surface area contributed by atoms with Crippen LogP contribution < -0.4 is 61.7 Å². The van der Waals surface area contributed by atoms with Crippen molar-refractivity contribution in [2.45, 2.75) is 6.92 Å². The molecule has 0 aliphatic heterocycles. The first-order valence-electron chi connectivity index (χ1n) is 3.42. The Balaban J connectivity index is 0.000000720. The van der Waals surface area contributed by atoms with Crippen LogP contribution in [0, 0.1) is 6.92 Å². The van der Waals surface area contributed by atoms with Crippen LogP contribution in [0.3, 0.4) is 0 Å². The van der Waals surface area contributed by atoms with Crippen molar-refractivity contribution in [3.05, 3.63) is 24.0 Å². The monoisotopic (exact) mass is 202 g/mol. The molecule has 4 heteroatoms. The normalized spacial score (nSPS) is 9.83. The number of aromatic nitrogens is 2. The maximum absolute atomic E-state index is 4.28. The van der Waals surface area contributed by atoms with Gasteiger partial charge in [0.2, 0.25) is 0 Å². The summed E-state index contributed by atoms with van der Waals surface area (Å²) in [5.41, 5.74) is 1.89. The molecular weight excluding hydrogens is 194 g/mol. The van der Waals surface area contributed by atoms with Gasteiger partial charge < -0.3 is 9.97 Å². The molecule has 1 unspecified atom stereocenters. The molecule has 0 amide bonds. The Morgan fingerprint density at radius 3 is 2.92 bits per heavy atom. The van der Waals surface area contributed by atoms with Gasteiger partial charge in [-0.1, -0.05) is 29.7 Å². The number of nitrogens with zero attached hydrogens (tertiary/aromatic N) is 2. The molecular formula is C8H8KN2P. The Morgan fingerprint density at radius 1 is 1.50 bits per heavy atom. The van der Waals surface area contributed by atoms with Gasteiger partial charge in [0.25, 0.3) is 0 Å². The van der Waals surface area contributed by atoms with E-state index in [0.29, 0.717) is 0 Å². The molecule has 0 spiro atoms. The van der Waals surface area contributed by atoms with E-state index in [-0.39, 0.29) is 51.4 Å². The van der Waals surface area contributed by atoms with E-state index in [1.165, 1.54) is 0 Å². The van der Waals surface area contributed by atoms with Gasteiger partial charge in [0.15, 0.2) is 0 Å². The predicted molar refractivity (Wildman–Crippen MR) is 49.1 cm³/mol. The van der Waals surface area contributed by atoms with E-state index in [0.717, 1.165) is 22.0 Å². The van der Waals surface area contributed by atoms with Gasteiger partial charge in [0.1, 0.15) is 0 Å². The summed E-state index contributed by atoms with van der Waals surface area (Å²) in [5, 5.41) is 2.29. The van der Waals surface area contributed by atoms with Gasteiger partial charge in [-0.15, -0.1) is 9.24 Å². The zero-order valence-corrected chi connectivity index (χ0v) is 11.5. The van der Waals surface area contributed by atoms with E-state index < -0.39 is 0 Å². The average molecular weight is 202 g/mol. The van der Waals surface area contributed by atoms with Crippen molar-refractivity contribution in [3.63, 3.8) is 0 Å². The zero-order valence-electron chi connectivity index (χ0n) is 7.20. The van der Waals surface area contributed by atoms with Crippen LogP contribution in [-0.2, 0) is 0 Å². The van der Waals surface area contributed by atoms with Crippen molar-refractivity contribution in [1.29, 1.82) is 0 Å². The molecule has 12 heavy (non-hydrogen) atoms. The molecule has 0 aromatic carbocycles. The molecule has 1 atom stereocenters. The molecule has 0 fully saturated rings. The van der Waals surface area contributed by atoms with Crippen molar-refractivity contribution in [1.82, 2.24) is 9.97 Å². The third kappa shape index (κ3) is 1.81. The standard InChI is InChI=1S/C8H8N2P.K/c1-5-7(11)6-3-2-4-9-8(6)10-5;/h2-4H,11H2,1H3;/q-1;+1. The van der Waals surface area contributed by atoms with Crippen molar-refractivity contribution in [3.8, 4) is 0 Å². The van der Waals surface area contributed by atoms with E-state index in [4.69, 9.17) is 0 Å². The summed E-state index contributed by atoms with van der Waals surface area (Å²) in [6, 6.07) is 3.96. The van der Waals surface area contributed by atoms with Crippen LogP contribution in [0.5, 0.6) is 0 Å². The first-order valence-corrected chi connectivity index (χ1v) is 4.00. The fourth-order valence-electron chi connectivity index (χ4n) is 1.11. The van der Waals surface area contributed by atoms with Gasteiger partial charge in [0.05, 0.1) is 0 Å². The molecule has 0 saturated heterocycles. The summed E-state index contributed by atoms with van der Waals surface area (Å²) in [6.07, 6.45) is 1.76. The summed E-state index contributed by atoms with van der Waals surface area (Å²) < 4.78 is 0. The Kier molecular flexibility index (Phi) is 3.90. The van der Waals surface area contributed by atoms with E-state index in [1.807, 2.05) is 19.1 Å². The minimum Gasteiger partial charge on any atom is -0.442 e. The van der Waals surface area contributed by atoms with Gasteiger partial charge in [-0.25, -0.2) is 0 Å². The fraction of sp³-hybridized carbons (Fsp3) is 0.125. The number of pyridine rings is 1. The largest absolute Gasteiger partial charge is 1.00 e. The molecule has 2 aromatic rings. The van der Waals surface area contributed by atoms with E-state index in [1.54, 1.807) is 6.20 Å². The molecule has 0 radical (unpaired) electrons. The Hall–Kier alpha value is 0.756.